The Hall–Kier alpha value is -1.61. The first-order chi connectivity index (χ1) is 8.29. The molecule has 0 aliphatic heterocycles. The smallest absolute Gasteiger partial charge is 0.208 e. The zero-order chi connectivity index (χ0) is 12.1. The van der Waals surface area contributed by atoms with Crippen LogP contribution in [0.4, 0.5) is 0 Å². The Morgan fingerprint density at radius 2 is 2.06 bits per heavy atom. The molecule has 3 nitrogen and oxygen atoms in total. The molecule has 2 rings (SSSR count). The van der Waals surface area contributed by atoms with Gasteiger partial charge in [-0.25, -0.2) is 4.98 Å². The Balaban J connectivity index is 1.95. The van der Waals surface area contributed by atoms with Crippen LogP contribution in [0.25, 0.3) is 0 Å². The van der Waals surface area contributed by atoms with Crippen LogP contribution in [0.3, 0.4) is 0 Å². The predicted octanol–water partition coefficient (Wildman–Crippen LogP) is 2.49. The highest BCUT2D eigenvalue weighted by Gasteiger charge is 2.04. The van der Waals surface area contributed by atoms with Crippen molar-refractivity contribution in [1.29, 1.82) is 0 Å². The summed E-state index contributed by atoms with van der Waals surface area (Å²) in [6.45, 7) is 2.83. The first kappa shape index (κ1) is 11.9. The van der Waals surface area contributed by atoms with Crippen LogP contribution in [-0.4, -0.2) is 12.0 Å². The van der Waals surface area contributed by atoms with Crippen molar-refractivity contribution >= 4 is 0 Å². The zero-order valence-corrected chi connectivity index (χ0v) is 10.4. The van der Waals surface area contributed by atoms with Crippen LogP contribution >= 0.6 is 0 Å². The van der Waals surface area contributed by atoms with E-state index in [0.29, 0.717) is 6.54 Å². The Kier molecular flexibility index (Phi) is 3.94. The van der Waals surface area contributed by atoms with Gasteiger partial charge < -0.3 is 9.73 Å². The second-order valence-corrected chi connectivity index (χ2v) is 4.18. The van der Waals surface area contributed by atoms with Crippen LogP contribution in [-0.2, 0) is 19.4 Å². The molecule has 1 N–H and O–H groups in total. The normalized spacial score (nSPS) is 10.7. The van der Waals surface area contributed by atoms with E-state index in [1.54, 1.807) is 0 Å². The first-order valence-electron chi connectivity index (χ1n) is 5.92. The molecule has 0 radical (unpaired) electrons. The van der Waals surface area contributed by atoms with Crippen LogP contribution in [0.5, 0.6) is 0 Å². The van der Waals surface area contributed by atoms with E-state index in [0.717, 1.165) is 24.5 Å². The van der Waals surface area contributed by atoms with Gasteiger partial charge in [-0.15, -0.1) is 0 Å². The lowest BCUT2D eigenvalue weighted by Gasteiger charge is -2.03. The van der Waals surface area contributed by atoms with Gasteiger partial charge in [0.1, 0.15) is 5.76 Å². The summed E-state index contributed by atoms with van der Waals surface area (Å²) in [5.74, 6) is 1.71. The molecule has 0 bridgehead atoms. The molecule has 0 fully saturated rings. The van der Waals surface area contributed by atoms with E-state index in [4.69, 9.17) is 4.42 Å². The van der Waals surface area contributed by atoms with Crippen molar-refractivity contribution in [3.8, 4) is 0 Å². The van der Waals surface area contributed by atoms with E-state index in [-0.39, 0.29) is 0 Å². The molecule has 0 aliphatic rings. The van der Waals surface area contributed by atoms with E-state index >= 15 is 0 Å². The summed E-state index contributed by atoms with van der Waals surface area (Å²) < 4.78 is 5.61. The highest BCUT2D eigenvalue weighted by molar-refractivity contribution is 5.26. The Bertz CT molecular complexity index is 477. The van der Waals surface area contributed by atoms with E-state index in [2.05, 4.69) is 41.5 Å². The molecule has 1 aromatic carbocycles. The Morgan fingerprint density at radius 1 is 1.24 bits per heavy atom. The summed E-state index contributed by atoms with van der Waals surface area (Å²) in [6.07, 6.45) is 3.73. The number of hydrogen-bond acceptors (Lipinski definition) is 3. The fourth-order valence-corrected chi connectivity index (χ4v) is 1.85. The summed E-state index contributed by atoms with van der Waals surface area (Å²) in [7, 11) is 1.89. The van der Waals surface area contributed by atoms with Crippen molar-refractivity contribution in [3.05, 3.63) is 53.2 Å². The molecule has 0 saturated carbocycles. The topological polar surface area (TPSA) is 38.1 Å². The van der Waals surface area contributed by atoms with Gasteiger partial charge in [0.15, 0.2) is 0 Å². The van der Waals surface area contributed by atoms with Crippen molar-refractivity contribution < 1.29 is 4.42 Å². The average molecular weight is 230 g/mol. The second kappa shape index (κ2) is 5.64. The number of aryl methyl sites for hydroxylation is 3. The van der Waals surface area contributed by atoms with Crippen LogP contribution in [0.2, 0.25) is 0 Å². The van der Waals surface area contributed by atoms with Gasteiger partial charge in [0.2, 0.25) is 5.89 Å². The molecule has 1 aromatic heterocycles. The standard InChI is InChI=1S/C14H18N2O/c1-11-5-3-4-6-12(11)7-8-13-9-16-14(17-13)10-15-2/h3-6,9,15H,7-8,10H2,1-2H3. The summed E-state index contributed by atoms with van der Waals surface area (Å²) >= 11 is 0. The predicted molar refractivity (Wildman–Crippen MR) is 67.9 cm³/mol. The molecule has 0 atom stereocenters. The Morgan fingerprint density at radius 3 is 2.82 bits per heavy atom. The molecule has 90 valence electrons. The maximum absolute atomic E-state index is 5.61. The quantitative estimate of drug-likeness (QED) is 0.857. The number of benzene rings is 1. The van der Waals surface area contributed by atoms with Crippen molar-refractivity contribution in [2.75, 3.05) is 7.05 Å². The van der Waals surface area contributed by atoms with E-state index in [9.17, 15) is 0 Å². The Labute approximate surface area is 102 Å². The summed E-state index contributed by atoms with van der Waals surface area (Å²) in [4.78, 5) is 4.21. The number of oxazole rings is 1. The highest BCUT2D eigenvalue weighted by Crippen LogP contribution is 2.12. The van der Waals surface area contributed by atoms with Gasteiger partial charge in [0, 0.05) is 6.42 Å². The number of rotatable bonds is 5. The minimum atomic E-state index is 0.685. The maximum atomic E-state index is 5.61. The molecule has 0 saturated heterocycles. The van der Waals surface area contributed by atoms with Crippen molar-refractivity contribution in [1.82, 2.24) is 10.3 Å². The van der Waals surface area contributed by atoms with E-state index in [1.165, 1.54) is 11.1 Å². The van der Waals surface area contributed by atoms with Gasteiger partial charge in [-0.2, -0.15) is 0 Å². The molecule has 17 heavy (non-hydrogen) atoms. The minimum Gasteiger partial charge on any atom is -0.444 e. The fourth-order valence-electron chi connectivity index (χ4n) is 1.85. The van der Waals surface area contributed by atoms with Crippen LogP contribution in [0.15, 0.2) is 34.9 Å². The molecule has 0 aliphatic carbocycles. The molecular formula is C14H18N2O. The molecule has 1 heterocycles. The van der Waals surface area contributed by atoms with Gasteiger partial charge in [-0.1, -0.05) is 24.3 Å². The van der Waals surface area contributed by atoms with Crippen LogP contribution in [0, 0.1) is 6.92 Å². The largest absolute Gasteiger partial charge is 0.444 e. The summed E-state index contributed by atoms with van der Waals surface area (Å²) in [5.41, 5.74) is 2.71. The van der Waals surface area contributed by atoms with Gasteiger partial charge in [-0.3, -0.25) is 0 Å². The SMILES string of the molecule is CNCc1ncc(CCc2ccccc2C)o1. The number of nitrogens with one attached hydrogen (secondary N) is 1. The zero-order valence-electron chi connectivity index (χ0n) is 10.4. The van der Waals surface area contributed by atoms with E-state index in [1.807, 2.05) is 13.2 Å². The third-order valence-electron chi connectivity index (χ3n) is 2.83. The van der Waals surface area contributed by atoms with Crippen molar-refractivity contribution in [2.45, 2.75) is 26.3 Å². The maximum Gasteiger partial charge on any atom is 0.208 e. The first-order valence-corrected chi connectivity index (χ1v) is 5.92. The number of hydrogen-bond donors (Lipinski definition) is 1. The molecule has 0 unspecified atom stereocenters. The van der Waals surface area contributed by atoms with Gasteiger partial charge in [0.25, 0.3) is 0 Å². The highest BCUT2D eigenvalue weighted by atomic mass is 16.4. The summed E-state index contributed by atoms with van der Waals surface area (Å²) in [6, 6.07) is 8.45. The van der Waals surface area contributed by atoms with Crippen LogP contribution < -0.4 is 5.32 Å². The monoisotopic (exact) mass is 230 g/mol. The summed E-state index contributed by atoms with van der Waals surface area (Å²) in [5, 5.41) is 3.02. The number of aromatic nitrogens is 1. The second-order valence-electron chi connectivity index (χ2n) is 4.18. The average Bonchev–Trinajstić information content (AvgIpc) is 2.76. The van der Waals surface area contributed by atoms with E-state index < -0.39 is 0 Å². The van der Waals surface area contributed by atoms with Gasteiger partial charge in [0.05, 0.1) is 12.7 Å². The third-order valence-corrected chi connectivity index (χ3v) is 2.83. The van der Waals surface area contributed by atoms with Gasteiger partial charge in [-0.05, 0) is 31.5 Å². The van der Waals surface area contributed by atoms with Crippen LogP contribution in [0.1, 0.15) is 22.8 Å². The molecular weight excluding hydrogens is 212 g/mol. The lowest BCUT2D eigenvalue weighted by molar-refractivity contribution is 0.443. The molecule has 2 aromatic rings. The van der Waals surface area contributed by atoms with Crippen molar-refractivity contribution in [2.24, 2.45) is 0 Å². The van der Waals surface area contributed by atoms with Gasteiger partial charge >= 0.3 is 0 Å². The molecule has 0 spiro atoms. The lowest BCUT2D eigenvalue weighted by atomic mass is 10.0. The lowest BCUT2D eigenvalue weighted by Crippen LogP contribution is -2.04. The fraction of sp³-hybridized carbons (Fsp3) is 0.357. The minimum absolute atomic E-state index is 0.685. The molecule has 0 amide bonds. The number of nitrogens with zero attached hydrogens (tertiary/aromatic N) is 1. The third kappa shape index (κ3) is 3.17. The molecule has 3 heteroatoms. The van der Waals surface area contributed by atoms with Crippen molar-refractivity contribution in [3.63, 3.8) is 0 Å².